The zero-order valence-electron chi connectivity index (χ0n) is 22.1. The number of fused-ring (bicyclic) bond motifs is 2. The number of hydrogen-bond donors (Lipinski definition) is 2. The van der Waals surface area contributed by atoms with Gasteiger partial charge in [0.1, 0.15) is 17.7 Å². The van der Waals surface area contributed by atoms with Gasteiger partial charge in [-0.05, 0) is 25.0 Å². The summed E-state index contributed by atoms with van der Waals surface area (Å²) in [6.07, 6.45) is 6.22. The van der Waals surface area contributed by atoms with Crippen LogP contribution in [0.4, 0.5) is 0 Å². The van der Waals surface area contributed by atoms with E-state index in [-0.39, 0.29) is 12.1 Å². The van der Waals surface area contributed by atoms with E-state index < -0.39 is 0 Å². The Morgan fingerprint density at radius 1 is 0.974 bits per heavy atom. The van der Waals surface area contributed by atoms with Gasteiger partial charge in [-0.1, -0.05) is 48.5 Å². The molecule has 3 aliphatic heterocycles. The monoisotopic (exact) mass is 519 g/mol. The number of pyridine rings is 1. The van der Waals surface area contributed by atoms with Crippen molar-refractivity contribution < 1.29 is 4.79 Å². The molecule has 3 N–H and O–H groups in total. The van der Waals surface area contributed by atoms with Crippen LogP contribution in [-0.4, -0.2) is 69.8 Å². The van der Waals surface area contributed by atoms with Crippen LogP contribution < -0.4 is 11.1 Å². The number of rotatable bonds is 4. The molecule has 0 radical (unpaired) electrons. The van der Waals surface area contributed by atoms with E-state index in [1.807, 2.05) is 29.3 Å². The lowest BCUT2D eigenvalue weighted by molar-refractivity contribution is -0.131. The molecule has 39 heavy (non-hydrogen) atoms. The number of nitrogens with two attached hydrogens (primary N) is 1. The average molecular weight is 520 g/mol. The summed E-state index contributed by atoms with van der Waals surface area (Å²) in [6, 6.07) is 21.5. The molecule has 2 aromatic carbocycles. The topological polar surface area (TPSA) is 90.1 Å². The first kappa shape index (κ1) is 23.9. The maximum Gasteiger partial charge on any atom is 0.219 e. The Morgan fingerprint density at radius 2 is 1.74 bits per heavy atom. The van der Waals surface area contributed by atoms with E-state index in [9.17, 15) is 4.79 Å². The quantitative estimate of drug-likeness (QED) is 0.548. The van der Waals surface area contributed by atoms with Crippen LogP contribution in [0.1, 0.15) is 25.3 Å². The Hall–Kier alpha value is -4.17. The Bertz CT molecular complexity index is 1510. The zero-order valence-corrected chi connectivity index (χ0v) is 22.1. The van der Waals surface area contributed by atoms with E-state index in [0.717, 1.165) is 78.1 Å². The normalized spacial score (nSPS) is 24.8. The number of nitrogens with zero attached hydrogens (tertiary/aromatic N) is 5. The van der Waals surface area contributed by atoms with Crippen LogP contribution in [0, 0.1) is 5.92 Å². The minimum absolute atomic E-state index is 0.134. The van der Waals surface area contributed by atoms with Gasteiger partial charge < -0.3 is 20.9 Å². The van der Waals surface area contributed by atoms with Crippen LogP contribution >= 0.6 is 0 Å². The number of nitrogens with one attached hydrogen (secondary N) is 1. The summed E-state index contributed by atoms with van der Waals surface area (Å²) in [5.74, 6) is 1.20. The van der Waals surface area contributed by atoms with Gasteiger partial charge in [0.05, 0.1) is 16.9 Å². The van der Waals surface area contributed by atoms with Crippen molar-refractivity contribution in [1.29, 1.82) is 0 Å². The molecule has 4 aliphatic rings. The van der Waals surface area contributed by atoms with E-state index in [0.29, 0.717) is 17.8 Å². The molecule has 1 saturated heterocycles. The van der Waals surface area contributed by atoms with Gasteiger partial charge in [0, 0.05) is 74.0 Å². The third-order valence-electron chi connectivity index (χ3n) is 8.69. The molecule has 3 aromatic rings. The average Bonchev–Trinajstić information content (AvgIpc) is 3.33. The summed E-state index contributed by atoms with van der Waals surface area (Å²) >= 11 is 0. The smallest absolute Gasteiger partial charge is 0.219 e. The number of amides is 1. The largest absolute Gasteiger partial charge is 0.382 e. The second-order valence-electron chi connectivity index (χ2n) is 10.9. The molecule has 1 aromatic heterocycles. The minimum Gasteiger partial charge on any atom is -0.382 e. The maximum absolute atomic E-state index is 11.7. The van der Waals surface area contributed by atoms with Gasteiger partial charge in [-0.2, -0.15) is 0 Å². The van der Waals surface area contributed by atoms with Crippen LogP contribution in [0.2, 0.25) is 0 Å². The molecule has 8 heteroatoms. The molecule has 1 aliphatic carbocycles. The number of aliphatic imine (C=N–C) groups is 1. The van der Waals surface area contributed by atoms with Gasteiger partial charge >= 0.3 is 0 Å². The summed E-state index contributed by atoms with van der Waals surface area (Å²) in [7, 11) is 0. The predicted molar refractivity (Wildman–Crippen MR) is 154 cm³/mol. The lowest BCUT2D eigenvalue weighted by Gasteiger charge is -2.49. The van der Waals surface area contributed by atoms with Crippen LogP contribution in [-0.2, 0) is 4.79 Å². The molecular formula is C31H33N7O. The van der Waals surface area contributed by atoms with E-state index in [1.54, 1.807) is 13.1 Å². The second-order valence-corrected chi connectivity index (χ2v) is 10.9. The van der Waals surface area contributed by atoms with Crippen molar-refractivity contribution in [2.75, 3.05) is 26.2 Å². The highest BCUT2D eigenvalue weighted by Crippen LogP contribution is 2.42. The van der Waals surface area contributed by atoms with Crippen LogP contribution in [0.3, 0.4) is 0 Å². The Balaban J connectivity index is 1.12. The van der Waals surface area contributed by atoms with E-state index in [4.69, 9.17) is 10.7 Å². The van der Waals surface area contributed by atoms with E-state index in [1.165, 1.54) is 0 Å². The Kier molecular flexibility index (Phi) is 5.85. The third-order valence-corrected chi connectivity index (χ3v) is 8.69. The number of piperazine rings is 1. The second kappa shape index (κ2) is 9.54. The molecule has 1 atom stereocenters. The lowest BCUT2D eigenvalue weighted by atomic mass is 9.76. The highest BCUT2D eigenvalue weighted by atomic mass is 16.2. The predicted octanol–water partition coefficient (Wildman–Crippen LogP) is 3.59. The molecule has 8 nitrogen and oxygen atoms in total. The van der Waals surface area contributed by atoms with Gasteiger partial charge in [0.25, 0.3) is 0 Å². The lowest BCUT2D eigenvalue weighted by Crippen LogP contribution is -2.58. The summed E-state index contributed by atoms with van der Waals surface area (Å²) in [6.45, 7) is 5.25. The van der Waals surface area contributed by atoms with Crippen molar-refractivity contribution in [1.82, 2.24) is 25.0 Å². The number of hydrogen-bond acceptors (Lipinski definition) is 7. The first-order valence-corrected chi connectivity index (χ1v) is 13.8. The zero-order chi connectivity index (χ0) is 26.5. The molecular weight excluding hydrogens is 486 g/mol. The molecule has 0 bridgehead atoms. The summed E-state index contributed by atoms with van der Waals surface area (Å²) in [5, 5.41) is 4.94. The van der Waals surface area contributed by atoms with Crippen molar-refractivity contribution >= 4 is 28.3 Å². The molecule has 1 amide bonds. The molecule has 0 spiro atoms. The first-order chi connectivity index (χ1) is 19.0. The van der Waals surface area contributed by atoms with Gasteiger partial charge in [-0.3, -0.25) is 9.69 Å². The molecule has 4 heterocycles. The van der Waals surface area contributed by atoms with E-state index >= 15 is 0 Å². The SMILES string of the molecule is CC(=O)N1CCN(C2CC(C3NC(c4ccc5ccc(-c6ccccc6)nc5c4)=C4C(N)=NC=CN43)C2)CC1. The summed E-state index contributed by atoms with van der Waals surface area (Å²) in [5.41, 5.74) is 12.5. The highest BCUT2D eigenvalue weighted by molar-refractivity contribution is 6.05. The highest BCUT2D eigenvalue weighted by Gasteiger charge is 2.45. The number of carbonyl (C=O) groups is 1. The minimum atomic E-state index is 0.134. The number of aromatic nitrogens is 1. The number of benzene rings is 2. The van der Waals surface area contributed by atoms with Crippen LogP contribution in [0.25, 0.3) is 27.9 Å². The van der Waals surface area contributed by atoms with Crippen molar-refractivity contribution in [2.45, 2.75) is 32.0 Å². The molecule has 2 fully saturated rings. The first-order valence-electron chi connectivity index (χ1n) is 13.8. The van der Waals surface area contributed by atoms with Gasteiger partial charge in [-0.15, -0.1) is 0 Å². The van der Waals surface area contributed by atoms with Crippen LogP contribution in [0.15, 0.2) is 83.8 Å². The molecule has 198 valence electrons. The number of carbonyl (C=O) groups excluding carboxylic acids is 1. The van der Waals surface area contributed by atoms with Crippen molar-refractivity contribution in [3.05, 3.63) is 84.3 Å². The fourth-order valence-electron chi connectivity index (χ4n) is 6.42. The fourth-order valence-corrected chi connectivity index (χ4v) is 6.42. The summed E-state index contributed by atoms with van der Waals surface area (Å²) < 4.78 is 0. The maximum atomic E-state index is 11.7. The van der Waals surface area contributed by atoms with Gasteiger partial charge in [-0.25, -0.2) is 9.98 Å². The van der Waals surface area contributed by atoms with Crippen molar-refractivity contribution in [3.63, 3.8) is 0 Å². The van der Waals surface area contributed by atoms with Crippen molar-refractivity contribution in [3.8, 4) is 11.3 Å². The summed E-state index contributed by atoms with van der Waals surface area (Å²) in [4.78, 5) is 27.9. The third kappa shape index (κ3) is 4.25. The standard InChI is InChI=1S/C31H33N7O/c1-20(39)36-13-15-37(16-14-36)25-17-24(18-25)31-35-28(29-30(32)33-11-12-38(29)31)23-8-7-22-9-10-26(34-27(22)19-23)21-5-3-2-4-6-21/h2-12,19,24-25,31,35H,13-18H2,1H3,(H2,32,33). The molecule has 1 saturated carbocycles. The van der Waals surface area contributed by atoms with Gasteiger partial charge in [0.15, 0.2) is 0 Å². The Morgan fingerprint density at radius 3 is 2.51 bits per heavy atom. The molecule has 1 unspecified atom stereocenters. The van der Waals surface area contributed by atoms with Gasteiger partial charge in [0.2, 0.25) is 5.91 Å². The fraction of sp³-hybridized carbons (Fsp3) is 0.323. The Labute approximate surface area is 228 Å². The van der Waals surface area contributed by atoms with Crippen molar-refractivity contribution in [2.24, 2.45) is 16.6 Å². The molecule has 7 rings (SSSR count). The van der Waals surface area contributed by atoms with Crippen LogP contribution in [0.5, 0.6) is 0 Å². The van der Waals surface area contributed by atoms with E-state index in [2.05, 4.69) is 62.6 Å². The number of amidine groups is 1.